The zero-order valence-corrected chi connectivity index (χ0v) is 10.6. The van der Waals surface area contributed by atoms with Gasteiger partial charge in [0.25, 0.3) is 0 Å². The number of aliphatic hydroxyl groups excluding tert-OH is 1. The molecule has 0 bridgehead atoms. The lowest BCUT2D eigenvalue weighted by Crippen LogP contribution is -2.12. The molecule has 0 saturated heterocycles. The molecule has 0 amide bonds. The highest BCUT2D eigenvalue weighted by atomic mass is 19.4. The Kier molecular flexibility index (Phi) is 4.11. The van der Waals surface area contributed by atoms with E-state index in [1.165, 1.54) is 12.1 Å². The van der Waals surface area contributed by atoms with Gasteiger partial charge in [0.05, 0.1) is 11.7 Å². The second-order valence-corrected chi connectivity index (χ2v) is 4.41. The van der Waals surface area contributed by atoms with Gasteiger partial charge >= 0.3 is 6.18 Å². The highest BCUT2D eigenvalue weighted by molar-refractivity contribution is 5.68. The van der Waals surface area contributed by atoms with Crippen LogP contribution in [0.3, 0.4) is 0 Å². The van der Waals surface area contributed by atoms with E-state index in [-0.39, 0.29) is 6.54 Å². The van der Waals surface area contributed by atoms with Crippen LogP contribution in [0.4, 0.5) is 13.2 Å². The van der Waals surface area contributed by atoms with Crippen LogP contribution in [-0.2, 0) is 6.18 Å². The van der Waals surface area contributed by atoms with Crippen LogP contribution in [0.2, 0.25) is 0 Å². The van der Waals surface area contributed by atoms with Gasteiger partial charge in [-0.1, -0.05) is 36.4 Å². The molecule has 0 aliphatic rings. The Morgan fingerprint density at radius 2 is 1.60 bits per heavy atom. The molecule has 1 unspecified atom stereocenters. The molecule has 2 nitrogen and oxygen atoms in total. The van der Waals surface area contributed by atoms with Crippen molar-refractivity contribution in [2.75, 3.05) is 6.54 Å². The zero-order chi connectivity index (χ0) is 14.8. The first-order chi connectivity index (χ1) is 9.43. The summed E-state index contributed by atoms with van der Waals surface area (Å²) in [6, 6.07) is 11.8. The summed E-state index contributed by atoms with van der Waals surface area (Å²) in [5.74, 6) is 0. The van der Waals surface area contributed by atoms with Gasteiger partial charge < -0.3 is 10.8 Å². The topological polar surface area (TPSA) is 46.2 Å². The van der Waals surface area contributed by atoms with Crippen molar-refractivity contribution in [1.82, 2.24) is 0 Å². The number of benzene rings is 2. The highest BCUT2D eigenvalue weighted by Gasteiger charge is 2.30. The molecular weight excluding hydrogens is 267 g/mol. The maximum Gasteiger partial charge on any atom is 0.416 e. The van der Waals surface area contributed by atoms with E-state index in [1.54, 1.807) is 24.3 Å². The van der Waals surface area contributed by atoms with E-state index in [9.17, 15) is 18.3 Å². The largest absolute Gasteiger partial charge is 0.416 e. The molecule has 0 aliphatic carbocycles. The third-order valence-corrected chi connectivity index (χ3v) is 3.07. The van der Waals surface area contributed by atoms with Gasteiger partial charge in [0.2, 0.25) is 0 Å². The van der Waals surface area contributed by atoms with Gasteiger partial charge in [-0.3, -0.25) is 0 Å². The smallest absolute Gasteiger partial charge is 0.387 e. The van der Waals surface area contributed by atoms with Crippen molar-refractivity contribution >= 4 is 0 Å². The average Bonchev–Trinajstić information content (AvgIpc) is 2.45. The van der Waals surface area contributed by atoms with Gasteiger partial charge in [-0.05, 0) is 28.8 Å². The van der Waals surface area contributed by atoms with Crippen LogP contribution >= 0.6 is 0 Å². The molecule has 5 heteroatoms. The first-order valence-electron chi connectivity index (χ1n) is 6.08. The van der Waals surface area contributed by atoms with E-state index in [1.807, 2.05) is 0 Å². The molecule has 106 valence electrons. The SMILES string of the molecule is NCC(O)c1ccccc1-c1ccc(C(F)(F)F)cc1. The van der Waals surface area contributed by atoms with Gasteiger partial charge in [-0.25, -0.2) is 0 Å². The van der Waals surface area contributed by atoms with E-state index >= 15 is 0 Å². The second-order valence-electron chi connectivity index (χ2n) is 4.41. The molecule has 2 aromatic carbocycles. The fourth-order valence-corrected chi connectivity index (χ4v) is 2.02. The Balaban J connectivity index is 2.42. The molecule has 0 aliphatic heterocycles. The number of rotatable bonds is 3. The van der Waals surface area contributed by atoms with E-state index in [4.69, 9.17) is 5.73 Å². The van der Waals surface area contributed by atoms with Crippen LogP contribution in [0.25, 0.3) is 11.1 Å². The van der Waals surface area contributed by atoms with Crippen LogP contribution in [0.1, 0.15) is 17.2 Å². The van der Waals surface area contributed by atoms with Gasteiger partial charge in [-0.2, -0.15) is 13.2 Å². The summed E-state index contributed by atoms with van der Waals surface area (Å²) in [6.07, 6.45) is -5.19. The molecule has 20 heavy (non-hydrogen) atoms. The molecule has 0 saturated carbocycles. The van der Waals surface area contributed by atoms with Crippen LogP contribution in [0, 0.1) is 0 Å². The number of aliphatic hydroxyl groups is 1. The molecule has 0 aromatic heterocycles. The van der Waals surface area contributed by atoms with Crippen LogP contribution < -0.4 is 5.73 Å². The van der Waals surface area contributed by atoms with E-state index < -0.39 is 17.8 Å². The Bertz CT molecular complexity index is 578. The minimum Gasteiger partial charge on any atom is -0.387 e. The first-order valence-corrected chi connectivity index (χ1v) is 6.08. The maximum absolute atomic E-state index is 12.5. The standard InChI is InChI=1S/C15H14F3NO/c16-15(17,18)11-7-5-10(6-8-11)12-3-1-2-4-13(12)14(20)9-19/h1-8,14,20H,9,19H2. The maximum atomic E-state index is 12.5. The fraction of sp³-hybridized carbons (Fsp3) is 0.200. The molecule has 0 radical (unpaired) electrons. The lowest BCUT2D eigenvalue weighted by Gasteiger charge is -2.14. The van der Waals surface area contributed by atoms with Crippen molar-refractivity contribution in [2.24, 2.45) is 5.73 Å². The summed E-state index contributed by atoms with van der Waals surface area (Å²) >= 11 is 0. The molecule has 0 heterocycles. The molecule has 0 spiro atoms. The summed E-state index contributed by atoms with van der Waals surface area (Å²) in [6.45, 7) is 0.0532. The van der Waals surface area contributed by atoms with E-state index in [0.29, 0.717) is 16.7 Å². The third kappa shape index (κ3) is 3.00. The molecule has 3 N–H and O–H groups in total. The quantitative estimate of drug-likeness (QED) is 0.906. The number of alkyl halides is 3. The normalized spacial score (nSPS) is 13.2. The molecular formula is C15H14F3NO. The fourth-order valence-electron chi connectivity index (χ4n) is 2.02. The van der Waals surface area contributed by atoms with Crippen molar-refractivity contribution < 1.29 is 18.3 Å². The number of nitrogens with two attached hydrogens (primary N) is 1. The predicted molar refractivity (Wildman–Crippen MR) is 70.9 cm³/mol. The monoisotopic (exact) mass is 281 g/mol. The molecule has 2 rings (SSSR count). The van der Waals surface area contributed by atoms with Crippen LogP contribution in [0.15, 0.2) is 48.5 Å². The summed E-state index contributed by atoms with van der Waals surface area (Å²) < 4.78 is 37.6. The van der Waals surface area contributed by atoms with Crippen molar-refractivity contribution in [2.45, 2.75) is 12.3 Å². The van der Waals surface area contributed by atoms with Gasteiger partial charge in [0.15, 0.2) is 0 Å². The molecule has 2 aromatic rings. The third-order valence-electron chi connectivity index (χ3n) is 3.07. The average molecular weight is 281 g/mol. The van der Waals surface area contributed by atoms with Gasteiger partial charge in [0.1, 0.15) is 0 Å². The van der Waals surface area contributed by atoms with Gasteiger partial charge in [0, 0.05) is 6.54 Å². The lowest BCUT2D eigenvalue weighted by atomic mass is 9.95. The van der Waals surface area contributed by atoms with Crippen molar-refractivity contribution in [3.05, 3.63) is 59.7 Å². The Morgan fingerprint density at radius 3 is 2.15 bits per heavy atom. The lowest BCUT2D eigenvalue weighted by molar-refractivity contribution is -0.137. The van der Waals surface area contributed by atoms with Crippen LogP contribution in [0.5, 0.6) is 0 Å². The summed E-state index contributed by atoms with van der Waals surface area (Å²) in [7, 11) is 0. The minimum absolute atomic E-state index is 0.0532. The van der Waals surface area contributed by atoms with Crippen molar-refractivity contribution in [3.63, 3.8) is 0 Å². The summed E-state index contributed by atoms with van der Waals surface area (Å²) in [5, 5.41) is 9.85. The first kappa shape index (κ1) is 14.6. The van der Waals surface area contributed by atoms with E-state index in [0.717, 1.165) is 12.1 Å². The minimum atomic E-state index is -4.35. The highest BCUT2D eigenvalue weighted by Crippen LogP contribution is 2.32. The Hall–Kier alpha value is -1.85. The van der Waals surface area contributed by atoms with E-state index in [2.05, 4.69) is 0 Å². The predicted octanol–water partition coefficient (Wildman–Crippen LogP) is 3.36. The van der Waals surface area contributed by atoms with Crippen LogP contribution in [-0.4, -0.2) is 11.7 Å². The van der Waals surface area contributed by atoms with Crippen molar-refractivity contribution in [3.8, 4) is 11.1 Å². The summed E-state index contributed by atoms with van der Waals surface area (Å²) in [4.78, 5) is 0. The second kappa shape index (κ2) is 5.64. The molecule has 1 atom stereocenters. The molecule has 0 fully saturated rings. The number of halogens is 3. The zero-order valence-electron chi connectivity index (χ0n) is 10.6. The number of hydrogen-bond acceptors (Lipinski definition) is 2. The Morgan fingerprint density at radius 1 is 1.00 bits per heavy atom. The van der Waals surface area contributed by atoms with Crippen molar-refractivity contribution in [1.29, 1.82) is 0 Å². The Labute approximate surface area is 114 Å². The number of hydrogen-bond donors (Lipinski definition) is 2. The summed E-state index contributed by atoms with van der Waals surface area (Å²) in [5.41, 5.74) is 6.64. The van der Waals surface area contributed by atoms with Gasteiger partial charge in [-0.15, -0.1) is 0 Å².